The van der Waals surface area contributed by atoms with Crippen LogP contribution >= 0.6 is 0 Å². The minimum atomic E-state index is 0.150. The van der Waals surface area contributed by atoms with Crippen molar-refractivity contribution in [1.29, 1.82) is 0 Å². The molecule has 2 aromatic carbocycles. The number of hydrogen-bond acceptors (Lipinski definition) is 4. The second kappa shape index (κ2) is 5.71. The summed E-state index contributed by atoms with van der Waals surface area (Å²) in [5.74, 6) is 0.150. The maximum Gasteiger partial charge on any atom is 0.141 e. The molecule has 1 aromatic heterocycles. The third kappa shape index (κ3) is 2.74. The maximum atomic E-state index is 9.80. The van der Waals surface area contributed by atoms with Crippen LogP contribution in [0, 0.1) is 0 Å². The molecule has 4 heteroatoms. The largest absolute Gasteiger partial charge is 0.506 e. The van der Waals surface area contributed by atoms with Crippen molar-refractivity contribution in [3.63, 3.8) is 0 Å². The molecule has 0 saturated heterocycles. The van der Waals surface area contributed by atoms with Crippen LogP contribution in [0.3, 0.4) is 0 Å². The van der Waals surface area contributed by atoms with Crippen molar-refractivity contribution in [2.45, 2.75) is 13.3 Å². The van der Waals surface area contributed by atoms with Gasteiger partial charge in [-0.25, -0.2) is 0 Å². The highest BCUT2D eigenvalue weighted by atomic mass is 16.3. The Kier molecular flexibility index (Phi) is 3.60. The molecule has 1 N–H and O–H groups in total. The molecule has 0 fully saturated rings. The van der Waals surface area contributed by atoms with Crippen LogP contribution in [0.5, 0.6) is 5.75 Å². The fourth-order valence-corrected chi connectivity index (χ4v) is 2.14. The fraction of sp³-hybridized carbons (Fsp3) is 0.118. The molecule has 0 bridgehead atoms. The number of azo groups is 1. The summed E-state index contributed by atoms with van der Waals surface area (Å²) in [5.41, 5.74) is 3.30. The number of pyridine rings is 1. The van der Waals surface area contributed by atoms with Crippen LogP contribution in [0.2, 0.25) is 0 Å². The van der Waals surface area contributed by atoms with E-state index in [0.29, 0.717) is 11.2 Å². The summed E-state index contributed by atoms with van der Waals surface area (Å²) in [6.07, 6.45) is 2.65. The van der Waals surface area contributed by atoms with Crippen LogP contribution in [0.1, 0.15) is 12.5 Å². The third-order valence-corrected chi connectivity index (χ3v) is 3.34. The first-order valence-corrected chi connectivity index (χ1v) is 6.85. The molecule has 0 amide bonds. The average Bonchev–Trinajstić information content (AvgIpc) is 2.55. The smallest absolute Gasteiger partial charge is 0.141 e. The zero-order chi connectivity index (χ0) is 14.7. The second-order valence-corrected chi connectivity index (χ2v) is 4.72. The van der Waals surface area contributed by atoms with Crippen LogP contribution in [0.15, 0.2) is 65.0 Å². The quantitative estimate of drug-likeness (QED) is 0.691. The Bertz CT molecular complexity index is 795. The number of hydrogen-bond donors (Lipinski definition) is 1. The van der Waals surface area contributed by atoms with Gasteiger partial charge in [-0.1, -0.05) is 19.1 Å². The highest BCUT2D eigenvalue weighted by Gasteiger charge is 2.05. The zero-order valence-corrected chi connectivity index (χ0v) is 11.7. The van der Waals surface area contributed by atoms with Crippen LogP contribution in [-0.4, -0.2) is 10.1 Å². The average molecular weight is 277 g/mol. The van der Waals surface area contributed by atoms with E-state index >= 15 is 0 Å². The second-order valence-electron chi connectivity index (χ2n) is 4.72. The first kappa shape index (κ1) is 13.2. The zero-order valence-electron chi connectivity index (χ0n) is 11.7. The highest BCUT2D eigenvalue weighted by Crippen LogP contribution is 2.31. The Balaban J connectivity index is 1.97. The van der Waals surface area contributed by atoms with Gasteiger partial charge in [-0.05, 0) is 48.4 Å². The van der Waals surface area contributed by atoms with E-state index in [4.69, 9.17) is 0 Å². The van der Waals surface area contributed by atoms with E-state index in [1.54, 1.807) is 18.3 Å². The van der Waals surface area contributed by atoms with Crippen molar-refractivity contribution in [2.24, 2.45) is 10.2 Å². The van der Waals surface area contributed by atoms with Crippen LogP contribution in [-0.2, 0) is 6.42 Å². The van der Waals surface area contributed by atoms with Gasteiger partial charge in [-0.15, -0.1) is 5.11 Å². The first-order valence-electron chi connectivity index (χ1n) is 6.85. The highest BCUT2D eigenvalue weighted by molar-refractivity contribution is 5.93. The molecule has 104 valence electrons. The van der Waals surface area contributed by atoms with Crippen LogP contribution in [0.4, 0.5) is 11.4 Å². The van der Waals surface area contributed by atoms with Crippen molar-refractivity contribution in [3.8, 4) is 5.75 Å². The number of aromatic hydroxyl groups is 1. The van der Waals surface area contributed by atoms with E-state index in [0.717, 1.165) is 17.5 Å². The van der Waals surface area contributed by atoms with Gasteiger partial charge in [0, 0.05) is 11.6 Å². The number of nitrogens with zero attached hydrogens (tertiary/aromatic N) is 3. The number of aryl methyl sites for hydroxylation is 1. The van der Waals surface area contributed by atoms with Gasteiger partial charge in [0.15, 0.2) is 0 Å². The Labute approximate surface area is 122 Å². The van der Waals surface area contributed by atoms with Crippen LogP contribution < -0.4 is 0 Å². The molecule has 1 heterocycles. The molecule has 3 rings (SSSR count). The molecular weight excluding hydrogens is 262 g/mol. The minimum absolute atomic E-state index is 0.150. The predicted octanol–water partition coefficient (Wildman–Crippen LogP) is 4.92. The van der Waals surface area contributed by atoms with Crippen molar-refractivity contribution in [2.75, 3.05) is 0 Å². The van der Waals surface area contributed by atoms with E-state index < -0.39 is 0 Å². The third-order valence-electron chi connectivity index (χ3n) is 3.34. The Morgan fingerprint density at radius 3 is 2.57 bits per heavy atom. The Morgan fingerprint density at radius 2 is 1.81 bits per heavy atom. The van der Waals surface area contributed by atoms with Crippen molar-refractivity contribution < 1.29 is 5.11 Å². The topological polar surface area (TPSA) is 57.8 Å². The minimum Gasteiger partial charge on any atom is -0.506 e. The van der Waals surface area contributed by atoms with E-state index in [1.807, 2.05) is 36.4 Å². The van der Waals surface area contributed by atoms with Gasteiger partial charge in [-0.2, -0.15) is 5.11 Å². The normalized spacial score (nSPS) is 11.3. The number of phenols is 1. The van der Waals surface area contributed by atoms with Crippen molar-refractivity contribution in [1.82, 2.24) is 4.98 Å². The molecule has 21 heavy (non-hydrogen) atoms. The molecule has 0 aliphatic rings. The molecule has 0 spiro atoms. The Hall–Kier alpha value is -2.75. The predicted molar refractivity (Wildman–Crippen MR) is 83.4 cm³/mol. The molecule has 0 saturated carbocycles. The standard InChI is InChI=1S/C17H15N3O/c1-2-12-5-7-13(8-6-12)19-20-15-9-10-16(21)17-14(15)4-3-11-18-17/h3-11,21H,2H2,1H3. The van der Waals surface area contributed by atoms with Gasteiger partial charge < -0.3 is 5.11 Å². The number of phenolic OH excluding ortho intramolecular Hbond substituents is 1. The molecule has 3 aromatic rings. The number of benzene rings is 2. The van der Waals surface area contributed by atoms with Crippen molar-refractivity contribution in [3.05, 3.63) is 60.3 Å². The number of fused-ring (bicyclic) bond motifs is 1. The monoisotopic (exact) mass is 277 g/mol. The lowest BCUT2D eigenvalue weighted by atomic mass is 10.1. The van der Waals surface area contributed by atoms with Gasteiger partial charge >= 0.3 is 0 Å². The summed E-state index contributed by atoms with van der Waals surface area (Å²) in [6.45, 7) is 2.12. The number of rotatable bonds is 3. The summed E-state index contributed by atoms with van der Waals surface area (Å²) in [5, 5.41) is 19.1. The fourth-order valence-electron chi connectivity index (χ4n) is 2.14. The SMILES string of the molecule is CCc1ccc(N=Nc2ccc(O)c3ncccc23)cc1. The first-order chi connectivity index (χ1) is 10.3. The molecule has 0 unspecified atom stereocenters. The molecule has 0 aliphatic carbocycles. The summed E-state index contributed by atoms with van der Waals surface area (Å²) in [7, 11) is 0. The van der Waals surface area contributed by atoms with E-state index in [9.17, 15) is 5.11 Å². The molecule has 4 nitrogen and oxygen atoms in total. The van der Waals surface area contributed by atoms with E-state index in [-0.39, 0.29) is 5.75 Å². The lowest BCUT2D eigenvalue weighted by Crippen LogP contribution is -1.79. The van der Waals surface area contributed by atoms with Crippen molar-refractivity contribution >= 4 is 22.3 Å². The maximum absolute atomic E-state index is 9.80. The Morgan fingerprint density at radius 1 is 1.00 bits per heavy atom. The van der Waals surface area contributed by atoms with E-state index in [2.05, 4.69) is 22.1 Å². The molecule has 0 radical (unpaired) electrons. The van der Waals surface area contributed by atoms with Gasteiger partial charge in [0.25, 0.3) is 0 Å². The summed E-state index contributed by atoms with van der Waals surface area (Å²) >= 11 is 0. The summed E-state index contributed by atoms with van der Waals surface area (Å²) in [4.78, 5) is 4.17. The number of aromatic nitrogens is 1. The van der Waals surface area contributed by atoms with E-state index in [1.165, 1.54) is 5.56 Å². The van der Waals surface area contributed by atoms with Gasteiger partial charge in [0.05, 0.1) is 11.4 Å². The van der Waals surface area contributed by atoms with Gasteiger partial charge in [-0.3, -0.25) is 4.98 Å². The van der Waals surface area contributed by atoms with Gasteiger partial charge in [0.2, 0.25) is 0 Å². The molecular formula is C17H15N3O. The lowest BCUT2D eigenvalue weighted by molar-refractivity contribution is 0.480. The van der Waals surface area contributed by atoms with Gasteiger partial charge in [0.1, 0.15) is 11.3 Å². The summed E-state index contributed by atoms with van der Waals surface area (Å²) < 4.78 is 0. The lowest BCUT2D eigenvalue weighted by Gasteiger charge is -2.02. The molecule has 0 atom stereocenters. The van der Waals surface area contributed by atoms with Crippen LogP contribution in [0.25, 0.3) is 10.9 Å². The molecule has 0 aliphatic heterocycles. The summed E-state index contributed by atoms with van der Waals surface area (Å²) in [6, 6.07) is 15.0.